The van der Waals surface area contributed by atoms with E-state index in [0.717, 1.165) is 55.6 Å². The van der Waals surface area contributed by atoms with Crippen LogP contribution in [0.25, 0.3) is 11.1 Å². The molecule has 1 aliphatic heterocycles. The van der Waals surface area contributed by atoms with Crippen LogP contribution in [-0.4, -0.2) is 84.9 Å². The summed E-state index contributed by atoms with van der Waals surface area (Å²) in [5.41, 5.74) is 3.30. The molecular formula is C34H41ClN2O8. The number of β-amino-alcohol motifs (C(OH)–C–C–N with tert-alkyl or cyclic N) is 1. The molecule has 3 aromatic rings. The van der Waals surface area contributed by atoms with Gasteiger partial charge in [0, 0.05) is 43.9 Å². The van der Waals surface area contributed by atoms with E-state index < -0.39 is 18.1 Å². The normalized spacial score (nSPS) is 17.7. The Balaban J connectivity index is 1.32. The van der Waals surface area contributed by atoms with Crippen LogP contribution in [0.1, 0.15) is 42.6 Å². The van der Waals surface area contributed by atoms with Crippen LogP contribution in [0.15, 0.2) is 48.5 Å². The fraction of sp³-hybridized carbons (Fsp3) is 0.441. The van der Waals surface area contributed by atoms with Crippen molar-refractivity contribution >= 4 is 17.6 Å². The highest BCUT2D eigenvalue weighted by Gasteiger charge is 2.33. The Kier molecular flexibility index (Phi) is 10.4. The van der Waals surface area contributed by atoms with E-state index in [-0.39, 0.29) is 18.8 Å². The van der Waals surface area contributed by atoms with Crippen molar-refractivity contribution in [2.75, 3.05) is 47.1 Å². The Bertz CT molecular complexity index is 1490. The summed E-state index contributed by atoms with van der Waals surface area (Å²) in [5.74, 6) is 0.987. The number of carbonyl (C=O) groups is 1. The number of hydrogen-bond donors (Lipinski definition) is 4. The summed E-state index contributed by atoms with van der Waals surface area (Å²) in [4.78, 5) is 13.8. The minimum absolute atomic E-state index is 0.0950. The number of likely N-dealkylation sites (tertiary alicyclic amines) is 1. The zero-order valence-corrected chi connectivity index (χ0v) is 26.6. The number of ether oxygens (including phenoxy) is 4. The number of nitrogens with zero attached hydrogens (tertiary/aromatic N) is 1. The van der Waals surface area contributed by atoms with Crippen molar-refractivity contribution in [3.63, 3.8) is 0 Å². The number of aliphatic hydroxyl groups excluding tert-OH is 2. The molecule has 242 valence electrons. The van der Waals surface area contributed by atoms with Crippen molar-refractivity contribution in [2.24, 2.45) is 0 Å². The number of aliphatic carboxylic acids is 1. The summed E-state index contributed by atoms with van der Waals surface area (Å²) in [6.45, 7) is 3.81. The van der Waals surface area contributed by atoms with Gasteiger partial charge in [-0.25, -0.2) is 0 Å². The van der Waals surface area contributed by atoms with Crippen molar-refractivity contribution in [3.8, 4) is 34.1 Å². The molecule has 1 saturated heterocycles. The molecule has 2 aliphatic rings. The van der Waals surface area contributed by atoms with E-state index in [1.165, 1.54) is 26.7 Å². The van der Waals surface area contributed by atoms with E-state index in [0.29, 0.717) is 40.2 Å². The van der Waals surface area contributed by atoms with Gasteiger partial charge in [-0.1, -0.05) is 41.9 Å². The van der Waals surface area contributed by atoms with Gasteiger partial charge in [0.15, 0.2) is 0 Å². The highest BCUT2D eigenvalue weighted by atomic mass is 35.5. The van der Waals surface area contributed by atoms with Crippen LogP contribution in [0, 0.1) is 0 Å². The number of methoxy groups -OCH3 is 2. The lowest BCUT2D eigenvalue weighted by molar-refractivity contribution is -0.145. The van der Waals surface area contributed by atoms with Crippen molar-refractivity contribution in [1.82, 2.24) is 10.2 Å². The van der Waals surface area contributed by atoms with Gasteiger partial charge < -0.3 is 34.3 Å². The number of carboxylic acid groups (broad SMARTS) is 1. The molecule has 5 rings (SSSR count). The highest BCUT2D eigenvalue weighted by molar-refractivity contribution is 6.34. The van der Waals surface area contributed by atoms with Crippen molar-refractivity contribution in [2.45, 2.75) is 50.5 Å². The second-order valence-corrected chi connectivity index (χ2v) is 12.1. The number of nitrogens with one attached hydrogen (secondary N) is 1. The van der Waals surface area contributed by atoms with Crippen molar-refractivity contribution < 1.29 is 39.1 Å². The van der Waals surface area contributed by atoms with Gasteiger partial charge in [-0.15, -0.1) is 0 Å². The smallest absolute Gasteiger partial charge is 0.326 e. The zero-order chi connectivity index (χ0) is 32.1. The molecule has 1 heterocycles. The summed E-state index contributed by atoms with van der Waals surface area (Å²) in [5, 5.41) is 32.1. The molecule has 1 aliphatic carbocycles. The second kappa shape index (κ2) is 14.3. The van der Waals surface area contributed by atoms with Crippen molar-refractivity contribution in [1.29, 1.82) is 0 Å². The standard InChI is InChI=1S/C34H41ClN2O8/c1-34(20-38,33(40)41)36-17-27-30(42-2)15-22(16-31(27)43-3)45-28-12-11-24-23(7-4-8-25(24)28)26-9-5-10-29(32(26)35)44-14-6-13-37-18-21(39)19-37/h4-5,7-10,15-16,21,28,36,38-39H,6,11-14,17-20H2,1-3H3,(H,40,41)/t28?,34-/m0/s1. The quantitative estimate of drug-likeness (QED) is 0.177. The molecule has 45 heavy (non-hydrogen) atoms. The first-order valence-corrected chi connectivity index (χ1v) is 15.5. The van der Waals surface area contributed by atoms with Gasteiger partial charge in [-0.3, -0.25) is 15.0 Å². The Morgan fingerprint density at radius 1 is 1.07 bits per heavy atom. The lowest BCUT2D eigenvalue weighted by atomic mass is 9.96. The second-order valence-electron chi connectivity index (χ2n) is 11.7. The summed E-state index contributed by atoms with van der Waals surface area (Å²) in [6.07, 6.45) is 2.02. The third-order valence-electron chi connectivity index (χ3n) is 8.59. The molecule has 11 heteroatoms. The maximum absolute atomic E-state index is 11.6. The Morgan fingerprint density at radius 3 is 2.40 bits per heavy atom. The molecule has 0 amide bonds. The third-order valence-corrected chi connectivity index (χ3v) is 8.98. The van der Waals surface area contributed by atoms with Gasteiger partial charge in [-0.2, -0.15) is 0 Å². The Hall–Kier alpha value is -3.54. The fourth-order valence-corrected chi connectivity index (χ4v) is 6.15. The molecule has 2 atom stereocenters. The number of fused-ring (bicyclic) bond motifs is 1. The SMILES string of the molecule is COc1cc(OC2CCc3c(-c4cccc(OCCCN5CC(O)C5)c4Cl)cccc32)cc(OC)c1CN[C@@](C)(CO)C(=O)O. The van der Waals surface area contributed by atoms with Crippen LogP contribution in [0.4, 0.5) is 0 Å². The molecule has 4 N–H and O–H groups in total. The minimum Gasteiger partial charge on any atom is -0.496 e. The summed E-state index contributed by atoms with van der Waals surface area (Å²) < 4.78 is 23.8. The molecule has 0 saturated carbocycles. The number of aliphatic hydroxyl groups is 2. The maximum Gasteiger partial charge on any atom is 0.326 e. The molecule has 0 radical (unpaired) electrons. The van der Waals surface area contributed by atoms with Gasteiger partial charge in [0.1, 0.15) is 34.6 Å². The zero-order valence-electron chi connectivity index (χ0n) is 25.8. The largest absolute Gasteiger partial charge is 0.496 e. The van der Waals surface area contributed by atoms with E-state index in [2.05, 4.69) is 22.3 Å². The minimum atomic E-state index is -1.52. The highest BCUT2D eigenvalue weighted by Crippen LogP contribution is 2.45. The summed E-state index contributed by atoms with van der Waals surface area (Å²) in [7, 11) is 3.06. The molecule has 3 aromatic carbocycles. The van der Waals surface area contributed by atoms with Crippen LogP contribution in [-0.2, 0) is 17.8 Å². The van der Waals surface area contributed by atoms with Gasteiger partial charge in [0.25, 0.3) is 0 Å². The van der Waals surface area contributed by atoms with Crippen LogP contribution in [0.5, 0.6) is 23.0 Å². The fourth-order valence-electron chi connectivity index (χ4n) is 5.87. The number of benzene rings is 3. The van der Waals surface area contributed by atoms with E-state index in [9.17, 15) is 20.1 Å². The summed E-state index contributed by atoms with van der Waals surface area (Å²) in [6, 6.07) is 15.5. The molecule has 0 bridgehead atoms. The maximum atomic E-state index is 11.6. The number of rotatable bonds is 15. The van der Waals surface area contributed by atoms with Gasteiger partial charge in [-0.05, 0) is 48.9 Å². The Morgan fingerprint density at radius 2 is 1.76 bits per heavy atom. The topological polar surface area (TPSA) is 130 Å². The van der Waals surface area contributed by atoms with E-state index >= 15 is 0 Å². The van der Waals surface area contributed by atoms with E-state index in [1.54, 1.807) is 12.1 Å². The van der Waals surface area contributed by atoms with Gasteiger partial charge in [0.2, 0.25) is 0 Å². The lowest BCUT2D eigenvalue weighted by Gasteiger charge is -2.35. The van der Waals surface area contributed by atoms with E-state index in [1.807, 2.05) is 24.3 Å². The molecular weight excluding hydrogens is 600 g/mol. The van der Waals surface area contributed by atoms with Crippen LogP contribution in [0.3, 0.4) is 0 Å². The predicted molar refractivity (Wildman–Crippen MR) is 171 cm³/mol. The Labute approximate surface area is 268 Å². The van der Waals surface area contributed by atoms with Crippen LogP contribution < -0.4 is 24.3 Å². The molecule has 1 fully saturated rings. The molecule has 0 aromatic heterocycles. The first kappa shape index (κ1) is 32.8. The molecule has 10 nitrogen and oxygen atoms in total. The van der Waals surface area contributed by atoms with Gasteiger partial charge in [0.05, 0.1) is 44.1 Å². The predicted octanol–water partition coefficient (Wildman–Crippen LogP) is 4.46. The van der Waals surface area contributed by atoms with Crippen molar-refractivity contribution in [3.05, 3.63) is 70.2 Å². The average molecular weight is 641 g/mol. The van der Waals surface area contributed by atoms with Crippen LogP contribution >= 0.6 is 11.6 Å². The van der Waals surface area contributed by atoms with Gasteiger partial charge >= 0.3 is 5.97 Å². The first-order chi connectivity index (χ1) is 21.7. The summed E-state index contributed by atoms with van der Waals surface area (Å²) >= 11 is 6.89. The molecule has 1 unspecified atom stereocenters. The number of carboxylic acids is 1. The van der Waals surface area contributed by atoms with Crippen LogP contribution in [0.2, 0.25) is 5.02 Å². The van der Waals surface area contributed by atoms with E-state index in [4.69, 9.17) is 30.5 Å². The average Bonchev–Trinajstić information content (AvgIpc) is 3.44. The monoisotopic (exact) mass is 640 g/mol. The lowest BCUT2D eigenvalue weighted by Crippen LogP contribution is -2.52. The number of halogens is 1. The third kappa shape index (κ3) is 7.15. The number of hydrogen-bond acceptors (Lipinski definition) is 9. The molecule has 0 spiro atoms. The first-order valence-electron chi connectivity index (χ1n) is 15.1.